The number of carbonyl (C=O) groups is 1. The van der Waals surface area contributed by atoms with Crippen molar-refractivity contribution in [3.05, 3.63) is 33.1 Å². The molecule has 0 amide bonds. The smallest absolute Gasteiger partial charge is 0.355 e. The molecular formula is C11H11ClN4O2S. The molecule has 6 nitrogen and oxygen atoms in total. The second-order valence-corrected chi connectivity index (χ2v) is 5.07. The zero-order valence-electron chi connectivity index (χ0n) is 10.1. The third-order valence-corrected chi connectivity index (χ3v) is 3.45. The van der Waals surface area contributed by atoms with Crippen LogP contribution in [-0.2, 0) is 6.42 Å². The van der Waals surface area contributed by atoms with Crippen molar-refractivity contribution in [3.8, 4) is 0 Å². The van der Waals surface area contributed by atoms with Crippen LogP contribution in [0.3, 0.4) is 0 Å². The van der Waals surface area contributed by atoms with Crippen molar-refractivity contribution in [2.45, 2.75) is 13.3 Å². The zero-order chi connectivity index (χ0) is 13.8. The van der Waals surface area contributed by atoms with E-state index in [1.807, 2.05) is 0 Å². The van der Waals surface area contributed by atoms with Crippen molar-refractivity contribution in [2.75, 3.05) is 11.9 Å². The minimum absolute atomic E-state index is 0.0795. The van der Waals surface area contributed by atoms with Gasteiger partial charge in [-0.1, -0.05) is 11.6 Å². The van der Waals surface area contributed by atoms with Gasteiger partial charge in [0.05, 0.1) is 11.2 Å². The van der Waals surface area contributed by atoms with Crippen molar-refractivity contribution in [1.82, 2.24) is 15.0 Å². The Hall–Kier alpha value is -1.73. The fourth-order valence-electron chi connectivity index (χ4n) is 1.39. The van der Waals surface area contributed by atoms with Crippen LogP contribution < -0.4 is 5.32 Å². The molecule has 0 aliphatic rings. The summed E-state index contributed by atoms with van der Waals surface area (Å²) in [6, 6.07) is 0. The van der Waals surface area contributed by atoms with E-state index in [4.69, 9.17) is 16.7 Å². The molecule has 0 atom stereocenters. The molecule has 0 saturated heterocycles. The third kappa shape index (κ3) is 3.62. The molecule has 2 aromatic heterocycles. The van der Waals surface area contributed by atoms with Crippen molar-refractivity contribution < 1.29 is 9.90 Å². The number of anilines is 1. The van der Waals surface area contributed by atoms with Gasteiger partial charge in [-0.25, -0.2) is 19.7 Å². The van der Waals surface area contributed by atoms with Crippen molar-refractivity contribution in [2.24, 2.45) is 0 Å². The van der Waals surface area contributed by atoms with Crippen LogP contribution in [0.15, 0.2) is 11.6 Å². The second kappa shape index (κ2) is 5.94. The van der Waals surface area contributed by atoms with Crippen LogP contribution in [0.5, 0.6) is 0 Å². The zero-order valence-corrected chi connectivity index (χ0v) is 11.6. The van der Waals surface area contributed by atoms with E-state index in [0.717, 1.165) is 5.01 Å². The van der Waals surface area contributed by atoms with Crippen LogP contribution in [0.2, 0.25) is 5.02 Å². The number of hydrogen-bond donors (Lipinski definition) is 2. The number of aryl methyl sites for hydroxylation is 1. The number of nitrogens with zero attached hydrogens (tertiary/aromatic N) is 3. The Morgan fingerprint density at radius 1 is 1.53 bits per heavy atom. The van der Waals surface area contributed by atoms with E-state index >= 15 is 0 Å². The largest absolute Gasteiger partial charge is 0.476 e. The first-order valence-corrected chi connectivity index (χ1v) is 6.72. The van der Waals surface area contributed by atoms with Crippen LogP contribution >= 0.6 is 22.9 Å². The molecule has 2 rings (SSSR count). The number of carboxylic acid groups (broad SMARTS) is 1. The molecule has 0 aliphatic heterocycles. The van der Waals surface area contributed by atoms with Crippen LogP contribution in [-0.4, -0.2) is 32.6 Å². The first kappa shape index (κ1) is 13.7. The molecule has 0 saturated carbocycles. The Bertz CT molecular complexity index is 602. The monoisotopic (exact) mass is 298 g/mol. The number of halogens is 1. The minimum Gasteiger partial charge on any atom is -0.476 e. The maximum Gasteiger partial charge on any atom is 0.355 e. The van der Waals surface area contributed by atoms with Crippen molar-refractivity contribution >= 4 is 34.7 Å². The first-order valence-electron chi connectivity index (χ1n) is 5.47. The van der Waals surface area contributed by atoms with Gasteiger partial charge in [0, 0.05) is 18.3 Å². The fourth-order valence-corrected chi connectivity index (χ4v) is 2.32. The molecule has 8 heteroatoms. The average molecular weight is 299 g/mol. The summed E-state index contributed by atoms with van der Waals surface area (Å²) in [6.07, 6.45) is 2.15. The number of hydrogen-bond acceptors (Lipinski definition) is 6. The van der Waals surface area contributed by atoms with E-state index in [0.29, 0.717) is 29.6 Å². The Morgan fingerprint density at radius 2 is 2.32 bits per heavy atom. The molecule has 100 valence electrons. The predicted molar refractivity (Wildman–Crippen MR) is 73.0 cm³/mol. The van der Waals surface area contributed by atoms with Crippen molar-refractivity contribution in [3.63, 3.8) is 0 Å². The summed E-state index contributed by atoms with van der Waals surface area (Å²) in [5.41, 5.74) is 0.0795. The summed E-state index contributed by atoms with van der Waals surface area (Å²) in [5, 5.41) is 14.6. The molecule has 2 heterocycles. The van der Waals surface area contributed by atoms with Gasteiger partial charge in [0.2, 0.25) is 0 Å². The highest BCUT2D eigenvalue weighted by molar-refractivity contribution is 7.09. The van der Waals surface area contributed by atoms with E-state index in [2.05, 4.69) is 20.3 Å². The first-order chi connectivity index (χ1) is 9.06. The lowest BCUT2D eigenvalue weighted by Crippen LogP contribution is -2.08. The molecule has 19 heavy (non-hydrogen) atoms. The topological polar surface area (TPSA) is 88.0 Å². The molecule has 2 N–H and O–H groups in total. The van der Waals surface area contributed by atoms with Crippen LogP contribution in [0.4, 0.5) is 5.82 Å². The molecule has 2 aromatic rings. The van der Waals surface area contributed by atoms with Gasteiger partial charge in [-0.3, -0.25) is 0 Å². The third-order valence-electron chi connectivity index (χ3n) is 2.27. The summed E-state index contributed by atoms with van der Waals surface area (Å²) in [7, 11) is 0. The minimum atomic E-state index is -1.01. The van der Waals surface area contributed by atoms with Crippen LogP contribution in [0.1, 0.15) is 21.3 Å². The van der Waals surface area contributed by atoms with E-state index in [1.165, 1.54) is 22.9 Å². The Morgan fingerprint density at radius 3 is 3.00 bits per heavy atom. The molecule has 0 fully saturated rings. The molecule has 0 radical (unpaired) electrons. The maximum atomic E-state index is 10.7. The van der Waals surface area contributed by atoms with Crippen molar-refractivity contribution in [1.29, 1.82) is 0 Å². The fraction of sp³-hybridized carbons (Fsp3) is 0.273. The van der Waals surface area contributed by atoms with Gasteiger partial charge in [-0.15, -0.1) is 11.3 Å². The quantitative estimate of drug-likeness (QED) is 0.880. The van der Waals surface area contributed by atoms with Gasteiger partial charge in [0.1, 0.15) is 16.7 Å². The molecule has 0 bridgehead atoms. The van der Waals surface area contributed by atoms with Gasteiger partial charge in [-0.05, 0) is 6.92 Å². The van der Waals surface area contributed by atoms with E-state index in [-0.39, 0.29) is 5.69 Å². The summed E-state index contributed by atoms with van der Waals surface area (Å²) < 4.78 is 0. The highest BCUT2D eigenvalue weighted by Gasteiger charge is 2.08. The molecule has 0 aromatic carbocycles. The van der Waals surface area contributed by atoms with Gasteiger partial charge in [-0.2, -0.15) is 0 Å². The van der Waals surface area contributed by atoms with Crippen LogP contribution in [0.25, 0.3) is 0 Å². The summed E-state index contributed by atoms with van der Waals surface area (Å²) in [4.78, 5) is 22.8. The van der Waals surface area contributed by atoms with Gasteiger partial charge in [0.15, 0.2) is 5.69 Å². The van der Waals surface area contributed by atoms with E-state index in [9.17, 15) is 4.79 Å². The lowest BCUT2D eigenvalue weighted by atomic mass is 10.4. The normalized spacial score (nSPS) is 10.4. The number of aromatic carboxylic acids is 1. The number of nitrogens with one attached hydrogen (secondary N) is 1. The Labute approximate surface area is 118 Å². The number of rotatable bonds is 5. The van der Waals surface area contributed by atoms with Gasteiger partial charge in [0.25, 0.3) is 0 Å². The summed E-state index contributed by atoms with van der Waals surface area (Å²) in [5.74, 6) is 0.198. The predicted octanol–water partition coefficient (Wildman–Crippen LogP) is 2.25. The summed E-state index contributed by atoms with van der Waals surface area (Å²) >= 11 is 7.27. The second-order valence-electron chi connectivity index (χ2n) is 3.72. The molecule has 0 spiro atoms. The number of thiazole rings is 1. The maximum absolute atomic E-state index is 10.7. The molecule has 0 unspecified atom stereocenters. The van der Waals surface area contributed by atoms with Gasteiger partial charge < -0.3 is 10.4 Å². The SMILES string of the molecule is Cc1ncc(Cl)c(NCCc2nc(C(=O)O)cs2)n1. The Kier molecular flexibility index (Phi) is 4.28. The lowest BCUT2D eigenvalue weighted by molar-refractivity contribution is 0.0691. The standard InChI is InChI=1S/C11H11ClN4O2S/c1-6-14-4-7(12)10(15-6)13-3-2-9-16-8(5-19-9)11(17)18/h4-5H,2-3H2,1H3,(H,17,18)(H,13,14,15). The number of aromatic nitrogens is 3. The summed E-state index contributed by atoms with van der Waals surface area (Å²) in [6.45, 7) is 2.35. The van der Waals surface area contributed by atoms with Crippen LogP contribution in [0, 0.1) is 6.92 Å². The number of carboxylic acids is 1. The highest BCUT2D eigenvalue weighted by Crippen LogP contribution is 2.17. The van der Waals surface area contributed by atoms with E-state index in [1.54, 1.807) is 6.92 Å². The Balaban J connectivity index is 1.92. The molecular weight excluding hydrogens is 288 g/mol. The highest BCUT2D eigenvalue weighted by atomic mass is 35.5. The average Bonchev–Trinajstić information content (AvgIpc) is 2.82. The lowest BCUT2D eigenvalue weighted by Gasteiger charge is -2.06. The van der Waals surface area contributed by atoms with Gasteiger partial charge >= 0.3 is 5.97 Å². The van der Waals surface area contributed by atoms with E-state index < -0.39 is 5.97 Å². The molecule has 0 aliphatic carbocycles.